The molecule has 0 radical (unpaired) electrons. The number of aromatic nitrogens is 1. The Hall–Kier alpha value is -2.99. The first-order chi connectivity index (χ1) is 14.0. The van der Waals surface area contributed by atoms with Crippen LogP contribution in [-0.2, 0) is 17.8 Å². The zero-order valence-corrected chi connectivity index (χ0v) is 17.2. The van der Waals surface area contributed by atoms with Gasteiger partial charge >= 0.3 is 0 Å². The van der Waals surface area contributed by atoms with Crippen molar-refractivity contribution >= 4 is 40.2 Å². The third kappa shape index (κ3) is 3.44. The Bertz CT molecular complexity index is 1150. The zero-order valence-electron chi connectivity index (χ0n) is 16.4. The second kappa shape index (κ2) is 7.79. The van der Waals surface area contributed by atoms with E-state index >= 15 is 0 Å². The van der Waals surface area contributed by atoms with E-state index in [1.54, 1.807) is 12.1 Å². The molecule has 0 unspecified atom stereocenters. The molecular formula is C23H22FN3OS. The summed E-state index contributed by atoms with van der Waals surface area (Å²) in [6.07, 6.45) is 4.68. The summed E-state index contributed by atoms with van der Waals surface area (Å²) in [5, 5.41) is 4.47. The number of thiocarbonyl (C=S) groups is 1. The first kappa shape index (κ1) is 19.3. The number of para-hydroxylation sites is 1. The molecule has 2 aromatic carbocycles. The van der Waals surface area contributed by atoms with Crippen LogP contribution in [0.15, 0.2) is 54.4 Å². The number of carbonyl (C=O) groups excluding carboxylic acids is 1. The maximum Gasteiger partial charge on any atom is 0.276 e. The summed E-state index contributed by atoms with van der Waals surface area (Å²) < 4.78 is 16.3. The minimum atomic E-state index is -0.222. The van der Waals surface area contributed by atoms with Crippen molar-refractivity contribution in [1.82, 2.24) is 14.8 Å². The molecule has 0 aliphatic carbocycles. The minimum absolute atomic E-state index is 0.126. The van der Waals surface area contributed by atoms with Crippen LogP contribution in [0.5, 0.6) is 0 Å². The molecule has 1 amide bonds. The number of benzene rings is 2. The summed E-state index contributed by atoms with van der Waals surface area (Å²) in [6.45, 7) is 4.94. The molecule has 0 saturated carbocycles. The third-order valence-corrected chi connectivity index (χ3v) is 5.59. The zero-order chi connectivity index (χ0) is 20.5. The summed E-state index contributed by atoms with van der Waals surface area (Å²) in [7, 11) is 0. The number of hydrogen-bond acceptors (Lipinski definition) is 2. The molecule has 1 fully saturated rings. The van der Waals surface area contributed by atoms with E-state index in [9.17, 15) is 9.18 Å². The van der Waals surface area contributed by atoms with Gasteiger partial charge in [0, 0.05) is 29.3 Å². The van der Waals surface area contributed by atoms with Crippen LogP contribution < -0.4 is 5.32 Å². The lowest BCUT2D eigenvalue weighted by Gasteiger charge is -2.09. The topological polar surface area (TPSA) is 37.3 Å². The van der Waals surface area contributed by atoms with Crippen molar-refractivity contribution in [2.45, 2.75) is 26.8 Å². The number of nitrogens with one attached hydrogen (secondary N) is 1. The Morgan fingerprint density at radius 3 is 2.55 bits per heavy atom. The number of fused-ring (bicyclic) bond motifs is 1. The van der Waals surface area contributed by atoms with Crippen LogP contribution in [0, 0.1) is 5.82 Å². The van der Waals surface area contributed by atoms with Gasteiger partial charge in [-0.05, 0) is 43.3 Å². The van der Waals surface area contributed by atoms with E-state index in [1.165, 1.54) is 16.5 Å². The first-order valence-corrected chi connectivity index (χ1v) is 10.1. The van der Waals surface area contributed by atoms with Crippen molar-refractivity contribution in [2.75, 3.05) is 6.54 Å². The highest BCUT2D eigenvalue weighted by Gasteiger charge is 2.29. The molecule has 2 heterocycles. The van der Waals surface area contributed by atoms with E-state index in [2.05, 4.69) is 22.9 Å². The SMILES string of the molecule is CCc1cccc2c(/C=C3\NC(=S)N(CC)C3=O)cn(Cc3ccccc3F)c12. The lowest BCUT2D eigenvalue weighted by Crippen LogP contribution is -2.30. The van der Waals surface area contributed by atoms with Gasteiger partial charge in [0.2, 0.25) is 0 Å². The van der Waals surface area contributed by atoms with Gasteiger partial charge in [0.25, 0.3) is 5.91 Å². The molecular weight excluding hydrogens is 385 g/mol. The maximum atomic E-state index is 14.3. The maximum absolute atomic E-state index is 14.3. The highest BCUT2D eigenvalue weighted by molar-refractivity contribution is 7.80. The molecule has 1 aliphatic rings. The number of aryl methyl sites for hydroxylation is 1. The average Bonchev–Trinajstić information content (AvgIpc) is 3.20. The van der Waals surface area contributed by atoms with Gasteiger partial charge < -0.3 is 9.88 Å². The summed E-state index contributed by atoms with van der Waals surface area (Å²) in [5.41, 5.74) is 4.24. The highest BCUT2D eigenvalue weighted by atomic mass is 32.1. The van der Waals surface area contributed by atoms with E-state index < -0.39 is 0 Å². The molecule has 29 heavy (non-hydrogen) atoms. The largest absolute Gasteiger partial charge is 0.342 e. The van der Waals surface area contributed by atoms with E-state index in [4.69, 9.17) is 12.2 Å². The monoisotopic (exact) mass is 407 g/mol. The van der Waals surface area contributed by atoms with E-state index in [1.807, 2.05) is 37.4 Å². The van der Waals surface area contributed by atoms with Crippen molar-refractivity contribution in [3.63, 3.8) is 0 Å². The molecule has 1 saturated heterocycles. The van der Waals surface area contributed by atoms with Gasteiger partial charge in [-0.25, -0.2) is 4.39 Å². The lowest BCUT2D eigenvalue weighted by molar-refractivity contribution is -0.122. The summed E-state index contributed by atoms with van der Waals surface area (Å²) in [4.78, 5) is 14.1. The van der Waals surface area contributed by atoms with Crippen LogP contribution in [0.3, 0.4) is 0 Å². The van der Waals surface area contributed by atoms with Crippen LogP contribution >= 0.6 is 12.2 Å². The van der Waals surface area contributed by atoms with Crippen LogP contribution in [0.4, 0.5) is 4.39 Å². The lowest BCUT2D eigenvalue weighted by atomic mass is 10.1. The van der Waals surface area contributed by atoms with E-state index in [-0.39, 0.29) is 11.7 Å². The van der Waals surface area contributed by atoms with Crippen molar-refractivity contribution in [3.05, 3.63) is 76.9 Å². The molecule has 148 valence electrons. The Balaban J connectivity index is 1.84. The molecule has 1 aromatic heterocycles. The normalized spacial score (nSPS) is 15.6. The number of nitrogens with zero attached hydrogens (tertiary/aromatic N) is 2. The smallest absolute Gasteiger partial charge is 0.276 e. The number of halogens is 1. The van der Waals surface area contributed by atoms with Crippen LogP contribution in [-0.4, -0.2) is 27.0 Å². The summed E-state index contributed by atoms with van der Waals surface area (Å²) >= 11 is 5.26. The van der Waals surface area contributed by atoms with Gasteiger partial charge in [-0.15, -0.1) is 0 Å². The summed E-state index contributed by atoms with van der Waals surface area (Å²) in [6, 6.07) is 13.0. The third-order valence-electron chi connectivity index (χ3n) is 5.27. The fourth-order valence-electron chi connectivity index (χ4n) is 3.81. The molecule has 1 N–H and O–H groups in total. The molecule has 6 heteroatoms. The molecule has 0 atom stereocenters. The van der Waals surface area contributed by atoms with Gasteiger partial charge in [0.15, 0.2) is 5.11 Å². The fraction of sp³-hybridized carbons (Fsp3) is 0.217. The van der Waals surface area contributed by atoms with Crippen molar-refractivity contribution in [3.8, 4) is 0 Å². The van der Waals surface area contributed by atoms with Crippen molar-refractivity contribution < 1.29 is 9.18 Å². The van der Waals surface area contributed by atoms with Gasteiger partial charge in [0.05, 0.1) is 12.1 Å². The van der Waals surface area contributed by atoms with Gasteiger partial charge in [0.1, 0.15) is 11.5 Å². The molecule has 1 aliphatic heterocycles. The highest BCUT2D eigenvalue weighted by Crippen LogP contribution is 2.29. The number of carbonyl (C=O) groups is 1. The molecule has 4 rings (SSSR count). The molecule has 0 bridgehead atoms. The Kier molecular flexibility index (Phi) is 5.20. The molecule has 3 aromatic rings. The average molecular weight is 408 g/mol. The second-order valence-electron chi connectivity index (χ2n) is 7.01. The van der Waals surface area contributed by atoms with Gasteiger partial charge in [-0.2, -0.15) is 0 Å². The summed E-state index contributed by atoms with van der Waals surface area (Å²) in [5.74, 6) is -0.348. The van der Waals surface area contributed by atoms with Gasteiger partial charge in [-0.1, -0.05) is 43.3 Å². The predicted octanol–water partition coefficient (Wildman–Crippen LogP) is 4.47. The van der Waals surface area contributed by atoms with Crippen molar-refractivity contribution in [1.29, 1.82) is 0 Å². The predicted molar refractivity (Wildman–Crippen MR) is 118 cm³/mol. The Morgan fingerprint density at radius 2 is 1.86 bits per heavy atom. The van der Waals surface area contributed by atoms with Gasteiger partial charge in [-0.3, -0.25) is 9.69 Å². The molecule has 0 spiro atoms. The standard InChI is InChI=1S/C23H22FN3OS/c1-3-15-9-7-10-18-17(12-20-22(28)27(4-2)23(29)25-20)14-26(21(15)18)13-16-8-5-6-11-19(16)24/h5-12,14H,3-4,13H2,1-2H3,(H,25,29)/b20-12-. The molecule has 4 nitrogen and oxygen atoms in total. The minimum Gasteiger partial charge on any atom is -0.342 e. The van der Waals surface area contributed by atoms with Crippen LogP contribution in [0.25, 0.3) is 17.0 Å². The van der Waals surface area contributed by atoms with Crippen LogP contribution in [0.2, 0.25) is 0 Å². The number of hydrogen-bond donors (Lipinski definition) is 1. The number of rotatable bonds is 5. The first-order valence-electron chi connectivity index (χ1n) is 9.72. The van der Waals surface area contributed by atoms with E-state index in [0.29, 0.717) is 29.5 Å². The number of amides is 1. The fourth-order valence-corrected chi connectivity index (χ4v) is 4.14. The van der Waals surface area contributed by atoms with Crippen molar-refractivity contribution in [2.24, 2.45) is 0 Å². The Morgan fingerprint density at radius 1 is 1.10 bits per heavy atom. The quantitative estimate of drug-likeness (QED) is 0.501. The van der Waals surface area contributed by atoms with Crippen LogP contribution in [0.1, 0.15) is 30.5 Å². The number of likely N-dealkylation sites (N-methyl/N-ethyl adjacent to an activating group) is 1. The van der Waals surface area contributed by atoms with E-state index in [0.717, 1.165) is 22.9 Å². The second-order valence-corrected chi connectivity index (χ2v) is 7.39. The Labute approximate surface area is 174 Å².